The third-order valence-corrected chi connectivity index (χ3v) is 2.68. The van der Waals surface area contributed by atoms with E-state index in [0.29, 0.717) is 0 Å². The maximum Gasteiger partial charge on any atom is 0.309 e. The number of hydrogen-bond acceptors (Lipinski definition) is 7. The first-order valence-electron chi connectivity index (χ1n) is 4.60. The molecule has 1 aliphatic rings. The summed E-state index contributed by atoms with van der Waals surface area (Å²) in [4.78, 5) is 39.7. The Hall–Kier alpha value is -2.13. The van der Waals surface area contributed by atoms with Crippen LogP contribution in [0.3, 0.4) is 0 Å². The molecule has 0 aromatic carbocycles. The van der Waals surface area contributed by atoms with Crippen LogP contribution in [0.15, 0.2) is 0 Å². The Morgan fingerprint density at radius 3 is 1.82 bits per heavy atom. The van der Waals surface area contributed by atoms with E-state index in [1.807, 2.05) is 0 Å². The number of hydrogen-bond donors (Lipinski definition) is 1. The molecule has 0 spiro atoms. The summed E-state index contributed by atoms with van der Waals surface area (Å²) in [6.07, 6.45) is -2.95. The van der Waals surface area contributed by atoms with Crippen molar-refractivity contribution in [2.75, 3.05) is 0 Å². The van der Waals surface area contributed by atoms with Gasteiger partial charge in [-0.25, -0.2) is 0 Å². The van der Waals surface area contributed by atoms with Gasteiger partial charge in [0.1, 0.15) is 12.2 Å². The van der Waals surface area contributed by atoms with Gasteiger partial charge in [0.25, 0.3) is 10.2 Å². The summed E-state index contributed by atoms with van der Waals surface area (Å²) in [5.74, 6) is -1.20. The first-order valence-corrected chi connectivity index (χ1v) is 4.60. The number of carbonyl (C=O) groups is 1. The Bertz CT molecular complexity index is 332. The Morgan fingerprint density at radius 1 is 1.24 bits per heavy atom. The average molecular weight is 250 g/mol. The van der Waals surface area contributed by atoms with Crippen molar-refractivity contribution in [3.8, 4) is 0 Å². The van der Waals surface area contributed by atoms with Crippen LogP contribution in [0.1, 0.15) is 19.8 Å². The maximum absolute atomic E-state index is 10.9. The van der Waals surface area contributed by atoms with Gasteiger partial charge in [0, 0.05) is 0 Å². The highest BCUT2D eigenvalue weighted by Crippen LogP contribution is 2.41. The number of nitrogens with zero attached hydrogens (tertiary/aromatic N) is 2. The molecule has 0 radical (unpaired) electrons. The highest BCUT2D eigenvalue weighted by atomic mass is 17.0. The Labute approximate surface area is 94.3 Å². The lowest BCUT2D eigenvalue weighted by atomic mass is 9.89. The molecule has 1 rings (SSSR count). The molecule has 1 saturated carbocycles. The minimum absolute atomic E-state index is 0.220. The average Bonchev–Trinajstić information content (AvgIpc) is 2.42. The van der Waals surface area contributed by atoms with Crippen LogP contribution in [0.4, 0.5) is 0 Å². The monoisotopic (exact) mass is 250 g/mol. The van der Waals surface area contributed by atoms with E-state index >= 15 is 0 Å². The molecule has 17 heavy (non-hydrogen) atoms. The smallest absolute Gasteiger partial charge is 0.309 e. The molecule has 10 heteroatoms. The molecule has 1 unspecified atom stereocenters. The van der Waals surface area contributed by atoms with Gasteiger partial charge in [-0.3, -0.25) is 4.79 Å². The standard InChI is InChI=1S/C7H10N2O8/c1-7(6(10)11)2-4(16-8(12)13)5(3-7)17-9(14)15/h4-5H,2-3H2,1H3,(H,10,11)/t4-,5+,7?. The van der Waals surface area contributed by atoms with E-state index < -0.39 is 33.8 Å². The lowest BCUT2D eigenvalue weighted by Crippen LogP contribution is -2.30. The molecule has 10 nitrogen and oxygen atoms in total. The fraction of sp³-hybridized carbons (Fsp3) is 0.857. The summed E-state index contributed by atoms with van der Waals surface area (Å²) in [7, 11) is 0. The number of carboxylic acids is 1. The molecular weight excluding hydrogens is 240 g/mol. The van der Waals surface area contributed by atoms with Gasteiger partial charge >= 0.3 is 5.97 Å². The van der Waals surface area contributed by atoms with E-state index in [2.05, 4.69) is 9.68 Å². The SMILES string of the molecule is CC1(C(=O)O)C[C@H](O[N+](=O)[O-])[C@H](O[N+](=O)[O-])C1. The summed E-state index contributed by atoms with van der Waals surface area (Å²) in [5, 5.41) is 27.0. The van der Waals surface area contributed by atoms with Crippen LogP contribution in [0.5, 0.6) is 0 Å². The van der Waals surface area contributed by atoms with Crippen LogP contribution in [0.25, 0.3) is 0 Å². The lowest BCUT2D eigenvalue weighted by Gasteiger charge is -2.16. The maximum atomic E-state index is 10.9. The van der Waals surface area contributed by atoms with Gasteiger partial charge in [-0.2, -0.15) is 0 Å². The zero-order valence-corrected chi connectivity index (χ0v) is 8.77. The van der Waals surface area contributed by atoms with Gasteiger partial charge in [-0.1, -0.05) is 0 Å². The zero-order chi connectivity index (χ0) is 13.2. The highest BCUT2D eigenvalue weighted by molar-refractivity contribution is 5.74. The first-order chi connectivity index (χ1) is 7.74. The fourth-order valence-corrected chi connectivity index (χ4v) is 1.84. The predicted molar refractivity (Wildman–Crippen MR) is 48.7 cm³/mol. The van der Waals surface area contributed by atoms with Crippen molar-refractivity contribution in [1.29, 1.82) is 0 Å². The zero-order valence-electron chi connectivity index (χ0n) is 8.77. The Balaban J connectivity index is 2.82. The molecule has 0 heterocycles. The van der Waals surface area contributed by atoms with Crippen LogP contribution < -0.4 is 0 Å². The largest absolute Gasteiger partial charge is 0.481 e. The van der Waals surface area contributed by atoms with Gasteiger partial charge in [0.15, 0.2) is 0 Å². The molecule has 0 aromatic rings. The third-order valence-electron chi connectivity index (χ3n) is 2.68. The summed E-state index contributed by atoms with van der Waals surface area (Å²) >= 11 is 0. The normalized spacial score (nSPS) is 31.8. The first kappa shape index (κ1) is 12.9. The summed E-state index contributed by atoms with van der Waals surface area (Å²) in [6.45, 7) is 1.33. The van der Waals surface area contributed by atoms with E-state index in [1.165, 1.54) is 6.92 Å². The fourth-order valence-electron chi connectivity index (χ4n) is 1.84. The van der Waals surface area contributed by atoms with Crippen molar-refractivity contribution in [3.63, 3.8) is 0 Å². The lowest BCUT2D eigenvalue weighted by molar-refractivity contribution is -0.797. The Morgan fingerprint density at radius 2 is 1.59 bits per heavy atom. The van der Waals surface area contributed by atoms with Crippen LogP contribution in [0, 0.1) is 25.6 Å². The van der Waals surface area contributed by atoms with Crippen molar-refractivity contribution in [2.45, 2.75) is 32.0 Å². The van der Waals surface area contributed by atoms with Crippen molar-refractivity contribution < 1.29 is 29.7 Å². The van der Waals surface area contributed by atoms with Crippen LogP contribution in [0.2, 0.25) is 0 Å². The van der Waals surface area contributed by atoms with Crippen LogP contribution in [-0.4, -0.2) is 33.5 Å². The van der Waals surface area contributed by atoms with Crippen molar-refractivity contribution >= 4 is 5.97 Å². The molecule has 1 N–H and O–H groups in total. The van der Waals surface area contributed by atoms with E-state index in [0.717, 1.165) is 0 Å². The van der Waals surface area contributed by atoms with Crippen molar-refractivity contribution in [2.24, 2.45) is 5.41 Å². The summed E-state index contributed by atoms with van der Waals surface area (Å²) in [5.41, 5.74) is -1.33. The van der Waals surface area contributed by atoms with Crippen molar-refractivity contribution in [3.05, 3.63) is 20.2 Å². The van der Waals surface area contributed by atoms with E-state index in [-0.39, 0.29) is 12.8 Å². The molecule has 3 atom stereocenters. The molecule has 96 valence electrons. The van der Waals surface area contributed by atoms with Gasteiger partial charge in [0.05, 0.1) is 5.41 Å². The van der Waals surface area contributed by atoms with Crippen LogP contribution >= 0.6 is 0 Å². The third kappa shape index (κ3) is 2.92. The second-order valence-corrected chi connectivity index (χ2v) is 4.01. The van der Waals surface area contributed by atoms with E-state index in [1.54, 1.807) is 0 Å². The van der Waals surface area contributed by atoms with E-state index in [4.69, 9.17) is 5.11 Å². The van der Waals surface area contributed by atoms with Gasteiger partial charge in [-0.05, 0) is 19.8 Å². The molecule has 0 saturated heterocycles. The highest BCUT2D eigenvalue weighted by Gasteiger charge is 2.50. The molecule has 0 aromatic heterocycles. The molecule has 1 fully saturated rings. The second-order valence-electron chi connectivity index (χ2n) is 4.01. The van der Waals surface area contributed by atoms with Crippen molar-refractivity contribution in [1.82, 2.24) is 0 Å². The predicted octanol–water partition coefficient (Wildman–Crippen LogP) is 0.0249. The van der Waals surface area contributed by atoms with Crippen LogP contribution in [-0.2, 0) is 14.5 Å². The minimum atomic E-state index is -1.33. The van der Waals surface area contributed by atoms with Gasteiger partial charge in [0.2, 0.25) is 0 Å². The molecule has 1 aliphatic carbocycles. The van der Waals surface area contributed by atoms with E-state index in [9.17, 15) is 25.0 Å². The summed E-state index contributed by atoms with van der Waals surface area (Å²) in [6, 6.07) is 0. The quantitative estimate of drug-likeness (QED) is 0.531. The molecule has 0 bridgehead atoms. The minimum Gasteiger partial charge on any atom is -0.481 e. The summed E-state index contributed by atoms with van der Waals surface area (Å²) < 4.78 is 0. The Kier molecular flexibility index (Phi) is 3.34. The number of aliphatic carboxylic acids is 1. The number of carboxylic acid groups (broad SMARTS) is 1. The van der Waals surface area contributed by atoms with Gasteiger partial charge < -0.3 is 14.8 Å². The topological polar surface area (TPSA) is 142 Å². The van der Waals surface area contributed by atoms with Gasteiger partial charge in [-0.15, -0.1) is 20.2 Å². The number of rotatable bonds is 5. The second kappa shape index (κ2) is 4.39. The molecule has 0 aliphatic heterocycles. The molecule has 0 amide bonds. The molecular formula is C7H10N2O8.